The van der Waals surface area contributed by atoms with Crippen LogP contribution in [0.25, 0.3) is 5.69 Å². The van der Waals surface area contributed by atoms with E-state index in [0.717, 1.165) is 25.9 Å². The van der Waals surface area contributed by atoms with E-state index in [9.17, 15) is 0 Å². The third-order valence-corrected chi connectivity index (χ3v) is 4.02. The smallest absolute Gasteiger partial charge is 0.0997 e. The Labute approximate surface area is 121 Å². The molecule has 2 aromatic rings. The molecule has 20 heavy (non-hydrogen) atoms. The maximum absolute atomic E-state index is 4.61. The summed E-state index contributed by atoms with van der Waals surface area (Å²) < 4.78 is 2.30. The zero-order valence-electron chi connectivity index (χ0n) is 12.2. The predicted octanol–water partition coefficient (Wildman–Crippen LogP) is 3.25. The molecule has 3 heteroatoms. The maximum Gasteiger partial charge on any atom is 0.0997 e. The van der Waals surface area contributed by atoms with Crippen LogP contribution in [0.5, 0.6) is 0 Å². The fourth-order valence-electron chi connectivity index (χ4n) is 2.97. The van der Waals surface area contributed by atoms with Crippen LogP contribution >= 0.6 is 0 Å². The molecule has 0 radical (unpaired) electrons. The highest BCUT2D eigenvalue weighted by Gasteiger charge is 2.17. The lowest BCUT2D eigenvalue weighted by Crippen LogP contribution is -2.16. The number of rotatable bonds is 5. The minimum absolute atomic E-state index is 0.928. The standard InChI is InChI=1S/C17H23N3/c1-2-11-18-12-14-7-3-5-9-16(14)20-13-19-15-8-4-6-10-17(15)20/h3,5,7,9,13,18H,2,4,6,8,10-12H2,1H3. The Balaban J connectivity index is 1.91. The number of fused-ring (bicyclic) bond motifs is 1. The molecule has 1 heterocycles. The Morgan fingerprint density at radius 3 is 2.95 bits per heavy atom. The average molecular weight is 269 g/mol. The summed E-state index contributed by atoms with van der Waals surface area (Å²) in [5, 5.41) is 3.50. The van der Waals surface area contributed by atoms with Gasteiger partial charge in [-0.25, -0.2) is 4.98 Å². The molecule has 1 aliphatic carbocycles. The van der Waals surface area contributed by atoms with Crippen molar-refractivity contribution in [1.82, 2.24) is 14.9 Å². The molecule has 106 valence electrons. The SMILES string of the molecule is CCCNCc1ccccc1-n1cnc2c1CCCC2. The van der Waals surface area contributed by atoms with Gasteiger partial charge in [0.25, 0.3) is 0 Å². The van der Waals surface area contributed by atoms with Crippen molar-refractivity contribution in [3.63, 3.8) is 0 Å². The number of hydrogen-bond acceptors (Lipinski definition) is 2. The summed E-state index contributed by atoms with van der Waals surface area (Å²) in [5.41, 5.74) is 5.35. The molecule has 0 amide bonds. The van der Waals surface area contributed by atoms with Gasteiger partial charge in [-0.2, -0.15) is 0 Å². The van der Waals surface area contributed by atoms with Crippen molar-refractivity contribution in [2.24, 2.45) is 0 Å². The first-order valence-electron chi connectivity index (χ1n) is 7.74. The van der Waals surface area contributed by atoms with Gasteiger partial charge in [-0.3, -0.25) is 0 Å². The molecule has 0 fully saturated rings. The van der Waals surface area contributed by atoms with E-state index in [4.69, 9.17) is 0 Å². The van der Waals surface area contributed by atoms with E-state index in [-0.39, 0.29) is 0 Å². The van der Waals surface area contributed by atoms with Gasteiger partial charge in [0, 0.05) is 12.2 Å². The number of imidazole rings is 1. The summed E-state index contributed by atoms with van der Waals surface area (Å²) in [6.07, 6.45) is 8.04. The number of benzene rings is 1. The summed E-state index contributed by atoms with van der Waals surface area (Å²) in [6.45, 7) is 4.19. The van der Waals surface area contributed by atoms with Crippen LogP contribution in [0.4, 0.5) is 0 Å². The van der Waals surface area contributed by atoms with E-state index >= 15 is 0 Å². The summed E-state index contributed by atoms with van der Waals surface area (Å²) in [4.78, 5) is 4.61. The van der Waals surface area contributed by atoms with Gasteiger partial charge in [0.1, 0.15) is 0 Å². The minimum Gasteiger partial charge on any atom is -0.313 e. The first-order valence-corrected chi connectivity index (χ1v) is 7.74. The molecule has 1 aromatic carbocycles. The molecule has 0 atom stereocenters. The Morgan fingerprint density at radius 2 is 2.05 bits per heavy atom. The van der Waals surface area contributed by atoms with Gasteiger partial charge in [-0.15, -0.1) is 0 Å². The molecule has 0 aliphatic heterocycles. The van der Waals surface area contributed by atoms with E-state index in [1.165, 1.54) is 41.9 Å². The molecule has 0 unspecified atom stereocenters. The van der Waals surface area contributed by atoms with Crippen molar-refractivity contribution in [2.45, 2.75) is 45.6 Å². The van der Waals surface area contributed by atoms with Crippen LogP contribution in [0.3, 0.4) is 0 Å². The molecular formula is C17H23N3. The quantitative estimate of drug-likeness (QED) is 0.844. The van der Waals surface area contributed by atoms with E-state index in [1.54, 1.807) is 0 Å². The van der Waals surface area contributed by atoms with Gasteiger partial charge in [0.05, 0.1) is 17.7 Å². The Hall–Kier alpha value is -1.61. The lowest BCUT2D eigenvalue weighted by atomic mass is 10.0. The molecule has 0 bridgehead atoms. The first kappa shape index (κ1) is 13.4. The molecule has 1 aromatic heterocycles. The molecule has 3 nitrogen and oxygen atoms in total. The fraction of sp³-hybridized carbons (Fsp3) is 0.471. The summed E-state index contributed by atoms with van der Waals surface area (Å²) in [6, 6.07) is 8.66. The second-order valence-corrected chi connectivity index (χ2v) is 5.52. The lowest BCUT2D eigenvalue weighted by molar-refractivity contribution is 0.650. The zero-order chi connectivity index (χ0) is 13.8. The van der Waals surface area contributed by atoms with Gasteiger partial charge in [-0.05, 0) is 50.3 Å². The van der Waals surface area contributed by atoms with Crippen LogP contribution in [0.1, 0.15) is 43.1 Å². The van der Waals surface area contributed by atoms with Crippen molar-refractivity contribution in [3.8, 4) is 5.69 Å². The van der Waals surface area contributed by atoms with Crippen LogP contribution in [-0.2, 0) is 19.4 Å². The van der Waals surface area contributed by atoms with Crippen molar-refractivity contribution in [2.75, 3.05) is 6.54 Å². The van der Waals surface area contributed by atoms with Gasteiger partial charge in [0.15, 0.2) is 0 Å². The molecule has 3 rings (SSSR count). The molecule has 0 spiro atoms. The molecular weight excluding hydrogens is 246 g/mol. The predicted molar refractivity (Wildman–Crippen MR) is 82.2 cm³/mol. The van der Waals surface area contributed by atoms with E-state index in [0.29, 0.717) is 0 Å². The summed E-state index contributed by atoms with van der Waals surface area (Å²) in [7, 11) is 0. The van der Waals surface area contributed by atoms with E-state index in [1.807, 2.05) is 6.33 Å². The monoisotopic (exact) mass is 269 g/mol. The topological polar surface area (TPSA) is 29.9 Å². The van der Waals surface area contributed by atoms with Crippen molar-refractivity contribution in [1.29, 1.82) is 0 Å². The summed E-state index contributed by atoms with van der Waals surface area (Å²) >= 11 is 0. The first-order chi connectivity index (χ1) is 9.90. The number of para-hydroxylation sites is 1. The van der Waals surface area contributed by atoms with E-state index in [2.05, 4.69) is 46.1 Å². The second kappa shape index (κ2) is 6.23. The van der Waals surface area contributed by atoms with Crippen molar-refractivity contribution >= 4 is 0 Å². The van der Waals surface area contributed by atoms with Crippen LogP contribution in [0.2, 0.25) is 0 Å². The maximum atomic E-state index is 4.61. The molecule has 0 saturated heterocycles. The number of hydrogen-bond donors (Lipinski definition) is 1. The van der Waals surface area contributed by atoms with Gasteiger partial charge < -0.3 is 9.88 Å². The Morgan fingerprint density at radius 1 is 1.20 bits per heavy atom. The van der Waals surface area contributed by atoms with Crippen LogP contribution < -0.4 is 5.32 Å². The zero-order valence-corrected chi connectivity index (χ0v) is 12.2. The van der Waals surface area contributed by atoms with Gasteiger partial charge in [0.2, 0.25) is 0 Å². The highest BCUT2D eigenvalue weighted by Crippen LogP contribution is 2.24. The van der Waals surface area contributed by atoms with Crippen molar-refractivity contribution < 1.29 is 0 Å². The lowest BCUT2D eigenvalue weighted by Gasteiger charge is -2.17. The Kier molecular flexibility index (Phi) is 4.16. The summed E-state index contributed by atoms with van der Waals surface area (Å²) in [5.74, 6) is 0. The van der Waals surface area contributed by atoms with E-state index < -0.39 is 0 Å². The highest BCUT2D eigenvalue weighted by atomic mass is 15.1. The second-order valence-electron chi connectivity index (χ2n) is 5.52. The van der Waals surface area contributed by atoms with Crippen LogP contribution in [-0.4, -0.2) is 16.1 Å². The third-order valence-electron chi connectivity index (χ3n) is 4.02. The molecule has 0 saturated carbocycles. The average Bonchev–Trinajstić information content (AvgIpc) is 2.92. The largest absolute Gasteiger partial charge is 0.313 e. The minimum atomic E-state index is 0.928. The Bertz CT molecular complexity index is 571. The number of nitrogens with one attached hydrogen (secondary N) is 1. The number of aryl methyl sites for hydroxylation is 1. The fourth-order valence-corrected chi connectivity index (χ4v) is 2.97. The molecule has 1 aliphatic rings. The number of aromatic nitrogens is 2. The van der Waals surface area contributed by atoms with Gasteiger partial charge >= 0.3 is 0 Å². The molecule has 1 N–H and O–H groups in total. The van der Waals surface area contributed by atoms with Crippen LogP contribution in [0, 0.1) is 0 Å². The highest BCUT2D eigenvalue weighted by molar-refractivity contribution is 5.43. The number of nitrogens with zero attached hydrogens (tertiary/aromatic N) is 2. The van der Waals surface area contributed by atoms with Crippen molar-refractivity contribution in [3.05, 3.63) is 47.5 Å². The van der Waals surface area contributed by atoms with Gasteiger partial charge in [-0.1, -0.05) is 25.1 Å². The van der Waals surface area contributed by atoms with Crippen LogP contribution in [0.15, 0.2) is 30.6 Å². The third kappa shape index (κ3) is 2.63. The normalized spacial score (nSPS) is 14.2.